The van der Waals surface area contributed by atoms with Crippen LogP contribution in [0.2, 0.25) is 0 Å². The predicted octanol–water partition coefficient (Wildman–Crippen LogP) is 3.65. The fraction of sp³-hybridized carbons (Fsp3) is 0.367. The molecule has 1 aliphatic rings. The number of rotatable bonds is 10. The Morgan fingerprint density at radius 3 is 2.31 bits per heavy atom. The summed E-state index contributed by atoms with van der Waals surface area (Å²) in [5.74, 6) is -2.43. The van der Waals surface area contributed by atoms with Crippen molar-refractivity contribution in [2.24, 2.45) is 10.7 Å². The van der Waals surface area contributed by atoms with Crippen LogP contribution in [0.3, 0.4) is 0 Å². The van der Waals surface area contributed by atoms with Gasteiger partial charge in [0.25, 0.3) is 0 Å². The Balaban J connectivity index is 1.93. The van der Waals surface area contributed by atoms with Gasteiger partial charge in [-0.1, -0.05) is 44.7 Å². The molecule has 2 aromatic carbocycles. The molecule has 0 saturated carbocycles. The Morgan fingerprint density at radius 2 is 1.78 bits per heavy atom. The number of hydrogen-bond donors (Lipinski definition) is 3. The minimum atomic E-state index is -4.67. The highest BCUT2D eigenvalue weighted by Crippen LogP contribution is 2.31. The van der Waals surface area contributed by atoms with Crippen molar-refractivity contribution in [3.05, 3.63) is 89.3 Å². The summed E-state index contributed by atoms with van der Waals surface area (Å²) < 4.78 is 72.3. The number of aliphatic hydroxyl groups excluding tert-OH is 1. The molecule has 0 unspecified atom stereocenters. The highest BCUT2D eigenvalue weighted by molar-refractivity contribution is 7.89. The first kappa shape index (κ1) is 35.1. The third-order valence-corrected chi connectivity index (χ3v) is 8.94. The van der Waals surface area contributed by atoms with Gasteiger partial charge in [-0.25, -0.2) is 13.2 Å². The number of carbonyl (C=O) groups is 2. The third kappa shape index (κ3) is 8.63. The zero-order valence-corrected chi connectivity index (χ0v) is 25.9. The second-order valence-electron chi connectivity index (χ2n) is 10.3. The predicted molar refractivity (Wildman–Crippen MR) is 161 cm³/mol. The van der Waals surface area contributed by atoms with Gasteiger partial charge in [0.2, 0.25) is 21.8 Å². The van der Waals surface area contributed by atoms with Crippen molar-refractivity contribution < 1.29 is 41.0 Å². The monoisotopic (exact) mass is 651 g/mol. The molecule has 2 aromatic rings. The summed E-state index contributed by atoms with van der Waals surface area (Å²) in [5.41, 5.74) is 6.56. The lowest BCUT2D eigenvalue weighted by atomic mass is 10.0. The first-order valence-corrected chi connectivity index (χ1v) is 15.4. The second-order valence-corrected chi connectivity index (χ2v) is 12.2. The number of piperazine rings is 1. The maximum absolute atomic E-state index is 13.6. The van der Waals surface area contributed by atoms with E-state index in [1.165, 1.54) is 4.90 Å². The Labute approximate surface area is 259 Å². The number of nitrogens with one attached hydrogen (secondary N) is 1. The van der Waals surface area contributed by atoms with E-state index in [1.54, 1.807) is 6.92 Å². The van der Waals surface area contributed by atoms with Gasteiger partial charge in [-0.15, -0.1) is 0 Å². The lowest BCUT2D eigenvalue weighted by Gasteiger charge is -2.40. The van der Waals surface area contributed by atoms with E-state index in [2.05, 4.69) is 16.9 Å². The van der Waals surface area contributed by atoms with Crippen LogP contribution in [0.4, 0.5) is 13.2 Å². The summed E-state index contributed by atoms with van der Waals surface area (Å²) in [6.07, 6.45) is -3.64. The average Bonchev–Trinajstić information content (AvgIpc) is 2.99. The number of esters is 1. The number of halogens is 3. The SMILES string of the molecule is C=C/C(C(=O)OCC)=C(O)\N=C(/N)N1CCN(S(=O)(=O)c2ccc(C(F)(F)F)cc2)[C@@H](C(=O)NCc2ccc(C(C)C)cc2)C1. The highest BCUT2D eigenvalue weighted by atomic mass is 32.2. The Kier molecular flexibility index (Phi) is 11.4. The smallest absolute Gasteiger partial charge is 0.416 e. The summed E-state index contributed by atoms with van der Waals surface area (Å²) in [6.45, 7) is 8.44. The van der Waals surface area contributed by atoms with Crippen LogP contribution in [-0.2, 0) is 37.1 Å². The number of guanidine groups is 1. The Bertz CT molecular complexity index is 1560. The van der Waals surface area contributed by atoms with Gasteiger partial charge in [-0.05, 0) is 54.3 Å². The maximum atomic E-state index is 13.6. The largest absolute Gasteiger partial charge is 0.493 e. The van der Waals surface area contributed by atoms with E-state index in [9.17, 15) is 36.3 Å². The zero-order chi connectivity index (χ0) is 33.5. The van der Waals surface area contributed by atoms with Gasteiger partial charge < -0.3 is 25.8 Å². The first-order valence-electron chi connectivity index (χ1n) is 14.0. The number of sulfonamides is 1. The molecule has 1 fully saturated rings. The molecule has 15 heteroatoms. The lowest BCUT2D eigenvalue weighted by Crippen LogP contribution is -2.62. The molecule has 11 nitrogen and oxygen atoms in total. The normalized spacial score (nSPS) is 17.1. The molecule has 0 spiro atoms. The Hall–Kier alpha value is -4.37. The average molecular weight is 652 g/mol. The molecule has 0 aliphatic carbocycles. The van der Waals surface area contributed by atoms with E-state index in [0.717, 1.165) is 33.6 Å². The van der Waals surface area contributed by atoms with E-state index in [-0.39, 0.29) is 44.3 Å². The van der Waals surface area contributed by atoms with Crippen molar-refractivity contribution in [2.45, 2.75) is 50.3 Å². The van der Waals surface area contributed by atoms with Crippen LogP contribution in [0.5, 0.6) is 0 Å². The summed E-state index contributed by atoms with van der Waals surface area (Å²) in [4.78, 5) is 30.4. The van der Waals surface area contributed by atoms with Gasteiger partial charge in [0.05, 0.1) is 17.1 Å². The number of aliphatic hydroxyl groups is 1. The molecule has 4 N–H and O–H groups in total. The quantitative estimate of drug-likeness (QED) is 0.0879. The van der Waals surface area contributed by atoms with Crippen LogP contribution in [0, 0.1) is 0 Å². The topological polar surface area (TPSA) is 155 Å². The number of aliphatic imine (C=N–C) groups is 1. The van der Waals surface area contributed by atoms with Crippen molar-refractivity contribution >= 4 is 27.9 Å². The van der Waals surface area contributed by atoms with Gasteiger partial charge in [-0.2, -0.15) is 22.5 Å². The summed E-state index contributed by atoms with van der Waals surface area (Å²) in [5, 5.41) is 13.1. The molecule has 1 atom stereocenters. The minimum absolute atomic E-state index is 0.0245. The molecule has 3 rings (SSSR count). The lowest BCUT2D eigenvalue weighted by molar-refractivity contribution is -0.138. The standard InChI is InChI=1S/C30H36F3N5O6S/c1-5-24(28(41)44-6-2)26(39)36-29(34)37-15-16-38(45(42,43)23-13-11-22(12-14-23)30(31,32)33)25(18-37)27(40)35-17-20-7-9-21(10-8-20)19(3)4/h5,7-14,19,25,39H,1,6,15-18H2,2-4H3,(H2,34,36)(H,35,40)/b26-24-/t25-/m1/s1. The molecule has 1 heterocycles. The number of amides is 1. The molecule has 1 aliphatic heterocycles. The van der Waals surface area contributed by atoms with Crippen molar-refractivity contribution in [1.29, 1.82) is 0 Å². The molecule has 244 valence electrons. The van der Waals surface area contributed by atoms with E-state index < -0.39 is 50.5 Å². The minimum Gasteiger partial charge on any atom is -0.493 e. The van der Waals surface area contributed by atoms with Crippen LogP contribution in [0.25, 0.3) is 0 Å². The molecule has 45 heavy (non-hydrogen) atoms. The van der Waals surface area contributed by atoms with Crippen molar-refractivity contribution in [1.82, 2.24) is 14.5 Å². The number of nitrogens with zero attached hydrogens (tertiary/aromatic N) is 3. The number of alkyl halides is 3. The summed E-state index contributed by atoms with van der Waals surface area (Å²) in [6, 6.07) is 9.08. The van der Waals surface area contributed by atoms with Crippen LogP contribution < -0.4 is 11.1 Å². The first-order chi connectivity index (χ1) is 21.1. The highest BCUT2D eigenvalue weighted by Gasteiger charge is 2.41. The molecule has 1 amide bonds. The third-order valence-electron chi connectivity index (χ3n) is 7.02. The number of carbonyl (C=O) groups excluding carboxylic acids is 2. The van der Waals surface area contributed by atoms with Crippen molar-refractivity contribution in [2.75, 3.05) is 26.2 Å². The van der Waals surface area contributed by atoms with Crippen LogP contribution in [0.15, 0.2) is 82.5 Å². The van der Waals surface area contributed by atoms with E-state index >= 15 is 0 Å². The van der Waals surface area contributed by atoms with E-state index in [0.29, 0.717) is 18.1 Å². The molecular formula is C30H36F3N5O6S. The summed E-state index contributed by atoms with van der Waals surface area (Å²) >= 11 is 0. The van der Waals surface area contributed by atoms with E-state index in [1.807, 2.05) is 38.1 Å². The van der Waals surface area contributed by atoms with Crippen molar-refractivity contribution in [3.8, 4) is 0 Å². The molecule has 1 saturated heterocycles. The second kappa shape index (κ2) is 14.6. The van der Waals surface area contributed by atoms with E-state index in [4.69, 9.17) is 10.5 Å². The number of hydrogen-bond acceptors (Lipinski definition) is 7. The van der Waals surface area contributed by atoms with Crippen LogP contribution in [-0.4, -0.2) is 72.8 Å². The van der Waals surface area contributed by atoms with Gasteiger partial charge >= 0.3 is 12.1 Å². The molecule has 0 aromatic heterocycles. The number of ether oxygens (including phenoxy) is 1. The maximum Gasteiger partial charge on any atom is 0.416 e. The molecule has 0 bridgehead atoms. The van der Waals surface area contributed by atoms with Gasteiger partial charge in [-0.3, -0.25) is 4.79 Å². The van der Waals surface area contributed by atoms with Crippen LogP contribution >= 0.6 is 0 Å². The van der Waals surface area contributed by atoms with Gasteiger partial charge in [0.15, 0.2) is 5.96 Å². The van der Waals surface area contributed by atoms with Crippen LogP contribution in [0.1, 0.15) is 43.4 Å². The summed E-state index contributed by atoms with van der Waals surface area (Å²) in [7, 11) is -4.46. The van der Waals surface area contributed by atoms with Gasteiger partial charge in [0.1, 0.15) is 11.6 Å². The molecular weight excluding hydrogens is 615 g/mol. The zero-order valence-electron chi connectivity index (χ0n) is 25.0. The molecule has 0 radical (unpaired) electrons. The number of benzene rings is 2. The fourth-order valence-corrected chi connectivity index (χ4v) is 6.04. The fourth-order valence-electron chi connectivity index (χ4n) is 4.47. The Morgan fingerprint density at radius 1 is 1.16 bits per heavy atom. The van der Waals surface area contributed by atoms with Crippen molar-refractivity contribution in [3.63, 3.8) is 0 Å². The number of nitrogens with two attached hydrogens (primary N) is 1. The van der Waals surface area contributed by atoms with Gasteiger partial charge in [0, 0.05) is 26.2 Å².